The molecule has 0 saturated heterocycles. The molecule has 7 aromatic carbocycles. The van der Waals surface area contributed by atoms with Gasteiger partial charge in [0.2, 0.25) is 0 Å². The number of aromatic nitrogens is 5. The first-order valence-corrected chi connectivity index (χ1v) is 17.5. The summed E-state index contributed by atoms with van der Waals surface area (Å²) in [4.78, 5) is 14.8. The first-order valence-electron chi connectivity index (χ1n) is 17.5. The summed E-state index contributed by atoms with van der Waals surface area (Å²) in [6.07, 6.45) is 2.20. The molecule has 5 nitrogen and oxygen atoms in total. The highest BCUT2D eigenvalue weighted by Crippen LogP contribution is 2.43. The summed E-state index contributed by atoms with van der Waals surface area (Å²) in [6.45, 7) is 0. The van der Waals surface area contributed by atoms with Gasteiger partial charge in [-0.15, -0.1) is 0 Å². The van der Waals surface area contributed by atoms with Crippen LogP contribution in [0, 0.1) is 0 Å². The van der Waals surface area contributed by atoms with Gasteiger partial charge in [0.1, 0.15) is 0 Å². The Labute approximate surface area is 299 Å². The first-order chi connectivity index (χ1) is 25.8. The van der Waals surface area contributed by atoms with Gasteiger partial charge in [0.25, 0.3) is 0 Å². The van der Waals surface area contributed by atoms with Crippen molar-refractivity contribution in [3.63, 3.8) is 0 Å². The Bertz CT molecular complexity index is 3050. The van der Waals surface area contributed by atoms with Crippen LogP contribution in [0.4, 0.5) is 0 Å². The fourth-order valence-corrected chi connectivity index (χ4v) is 7.95. The van der Waals surface area contributed by atoms with Crippen molar-refractivity contribution in [1.82, 2.24) is 23.9 Å². The lowest BCUT2D eigenvalue weighted by atomic mass is 10.0. The number of hydrogen-bond donors (Lipinski definition) is 0. The lowest BCUT2D eigenvalue weighted by Crippen LogP contribution is -2.00. The average molecular weight is 664 g/mol. The normalized spacial score (nSPS) is 11.8. The minimum absolute atomic E-state index is 0.644. The second kappa shape index (κ2) is 11.2. The molecule has 52 heavy (non-hydrogen) atoms. The van der Waals surface area contributed by atoms with E-state index in [1.807, 2.05) is 60.7 Å². The van der Waals surface area contributed by atoms with Crippen LogP contribution >= 0.6 is 0 Å². The van der Waals surface area contributed by atoms with E-state index < -0.39 is 0 Å². The van der Waals surface area contributed by atoms with E-state index in [1.54, 1.807) is 0 Å². The Balaban J connectivity index is 1.05. The van der Waals surface area contributed by atoms with Gasteiger partial charge in [0.15, 0.2) is 17.5 Å². The maximum atomic E-state index is 4.97. The van der Waals surface area contributed by atoms with Gasteiger partial charge in [-0.05, 0) is 53.6 Å². The molecule has 0 fully saturated rings. The Morgan fingerprint density at radius 1 is 0.365 bits per heavy atom. The zero-order valence-corrected chi connectivity index (χ0v) is 28.0. The maximum absolute atomic E-state index is 4.97. The van der Waals surface area contributed by atoms with Crippen molar-refractivity contribution in [3.05, 3.63) is 176 Å². The Kier molecular flexibility index (Phi) is 6.18. The second-order valence-corrected chi connectivity index (χ2v) is 13.3. The topological polar surface area (TPSA) is 48.0 Å². The van der Waals surface area contributed by atoms with E-state index in [0.29, 0.717) is 17.5 Å². The highest BCUT2D eigenvalue weighted by Gasteiger charge is 2.21. The van der Waals surface area contributed by atoms with Crippen LogP contribution in [-0.2, 0) is 0 Å². The predicted molar refractivity (Wildman–Crippen MR) is 213 cm³/mol. The number of hydrogen-bond acceptors (Lipinski definition) is 3. The largest absolute Gasteiger partial charge is 0.315 e. The molecule has 242 valence electrons. The molecule has 0 N–H and O–H groups in total. The maximum Gasteiger partial charge on any atom is 0.164 e. The van der Waals surface area contributed by atoms with Crippen molar-refractivity contribution in [3.8, 4) is 51.0 Å². The molecule has 0 unspecified atom stereocenters. The van der Waals surface area contributed by atoms with Gasteiger partial charge in [0.05, 0.1) is 22.1 Å². The Morgan fingerprint density at radius 2 is 0.942 bits per heavy atom. The third kappa shape index (κ3) is 4.33. The van der Waals surface area contributed by atoms with Crippen LogP contribution in [0.5, 0.6) is 0 Å². The van der Waals surface area contributed by atoms with Crippen LogP contribution in [0.1, 0.15) is 0 Å². The van der Waals surface area contributed by atoms with E-state index in [4.69, 9.17) is 15.0 Å². The van der Waals surface area contributed by atoms with Gasteiger partial charge in [-0.2, -0.15) is 0 Å². The van der Waals surface area contributed by atoms with E-state index in [9.17, 15) is 0 Å². The molecular formula is C47H29N5. The van der Waals surface area contributed by atoms with Crippen LogP contribution < -0.4 is 0 Å². The SMILES string of the molecule is c1ccc(-c2nc(-c3ccccc3)nc(-c3cccc(-c4ccc(-n5c6ccccc6c6cc7ccn8c9ccccc9c(c65)c78)cc4)c3)n2)cc1. The van der Waals surface area contributed by atoms with E-state index in [2.05, 4.69) is 124 Å². The number of nitrogens with zero attached hydrogens (tertiary/aromatic N) is 5. The standard InChI is InChI=1S/C47H29N5/c1-3-12-31(13-4-1)45-48-46(32-14-5-2-6-15-32)50-47(49-45)35-17-11-16-33(28-35)30-22-24-36(25-23-30)52-41-21-10-7-18-37(41)39-29-34-26-27-51-40-20-9-8-19-38(40)42(43(34)51)44(39)52/h1-29H. The van der Waals surface area contributed by atoms with E-state index in [-0.39, 0.29) is 0 Å². The fourth-order valence-electron chi connectivity index (χ4n) is 7.95. The molecule has 0 aliphatic heterocycles. The molecule has 11 aromatic rings. The minimum Gasteiger partial charge on any atom is -0.315 e. The molecule has 11 rings (SSSR count). The molecule has 0 atom stereocenters. The summed E-state index contributed by atoms with van der Waals surface area (Å²) in [5.41, 5.74) is 11.1. The smallest absolute Gasteiger partial charge is 0.164 e. The van der Waals surface area contributed by atoms with Gasteiger partial charge in [-0.1, -0.05) is 127 Å². The van der Waals surface area contributed by atoms with Crippen molar-refractivity contribution < 1.29 is 0 Å². The summed E-state index contributed by atoms with van der Waals surface area (Å²) in [6, 6.07) is 59.7. The summed E-state index contributed by atoms with van der Waals surface area (Å²) < 4.78 is 4.79. The lowest BCUT2D eigenvalue weighted by Gasteiger charge is -2.12. The second-order valence-electron chi connectivity index (χ2n) is 13.3. The van der Waals surface area contributed by atoms with E-state index in [1.165, 1.54) is 49.0 Å². The van der Waals surface area contributed by atoms with Gasteiger partial charge in [0, 0.05) is 55.5 Å². The number of fused-ring (bicyclic) bond motifs is 7. The van der Waals surface area contributed by atoms with Crippen molar-refractivity contribution >= 4 is 49.0 Å². The molecule has 0 aliphatic rings. The molecule has 0 amide bonds. The van der Waals surface area contributed by atoms with Crippen molar-refractivity contribution in [2.75, 3.05) is 0 Å². The Morgan fingerprint density at radius 3 is 1.65 bits per heavy atom. The molecular weight excluding hydrogens is 635 g/mol. The summed E-state index contributed by atoms with van der Waals surface area (Å²) in [5.74, 6) is 1.95. The van der Waals surface area contributed by atoms with Gasteiger partial charge in [-0.3, -0.25) is 0 Å². The molecule has 4 heterocycles. The molecule has 0 radical (unpaired) electrons. The summed E-state index contributed by atoms with van der Waals surface area (Å²) in [5, 5.41) is 6.36. The predicted octanol–water partition coefficient (Wildman–Crippen LogP) is 11.6. The Hall–Kier alpha value is -7.11. The number of rotatable bonds is 5. The van der Waals surface area contributed by atoms with Crippen molar-refractivity contribution in [2.45, 2.75) is 0 Å². The molecule has 0 bridgehead atoms. The summed E-state index contributed by atoms with van der Waals surface area (Å²) in [7, 11) is 0. The molecule has 0 saturated carbocycles. The van der Waals surface area contributed by atoms with Crippen molar-refractivity contribution in [1.29, 1.82) is 0 Å². The minimum atomic E-state index is 0.644. The number of benzene rings is 7. The quantitative estimate of drug-likeness (QED) is 0.184. The molecule has 5 heteroatoms. The van der Waals surface area contributed by atoms with E-state index >= 15 is 0 Å². The molecule has 0 spiro atoms. The zero-order valence-electron chi connectivity index (χ0n) is 28.0. The summed E-state index contributed by atoms with van der Waals surface area (Å²) >= 11 is 0. The lowest BCUT2D eigenvalue weighted by molar-refractivity contribution is 1.07. The van der Waals surface area contributed by atoms with Gasteiger partial charge in [-0.25, -0.2) is 15.0 Å². The highest BCUT2D eigenvalue weighted by molar-refractivity contribution is 6.29. The van der Waals surface area contributed by atoms with Crippen LogP contribution in [0.15, 0.2) is 176 Å². The highest BCUT2D eigenvalue weighted by atomic mass is 15.0. The van der Waals surface area contributed by atoms with Crippen LogP contribution in [0.25, 0.3) is 100.0 Å². The van der Waals surface area contributed by atoms with Crippen LogP contribution in [0.3, 0.4) is 0 Å². The number of para-hydroxylation sites is 2. The van der Waals surface area contributed by atoms with Gasteiger partial charge < -0.3 is 8.97 Å². The third-order valence-electron chi connectivity index (χ3n) is 10.3. The monoisotopic (exact) mass is 663 g/mol. The molecule has 0 aliphatic carbocycles. The van der Waals surface area contributed by atoms with Gasteiger partial charge >= 0.3 is 0 Å². The zero-order chi connectivity index (χ0) is 34.2. The van der Waals surface area contributed by atoms with Crippen LogP contribution in [0.2, 0.25) is 0 Å². The van der Waals surface area contributed by atoms with E-state index in [0.717, 1.165) is 33.5 Å². The fraction of sp³-hybridized carbons (Fsp3) is 0. The van der Waals surface area contributed by atoms with Crippen LogP contribution in [-0.4, -0.2) is 23.9 Å². The average Bonchev–Trinajstić information content (AvgIpc) is 3.90. The third-order valence-corrected chi connectivity index (χ3v) is 10.3. The molecule has 4 aromatic heterocycles. The van der Waals surface area contributed by atoms with Crippen molar-refractivity contribution in [2.24, 2.45) is 0 Å². The first kappa shape index (κ1) is 28.7.